The number of thiophene rings is 1. The summed E-state index contributed by atoms with van der Waals surface area (Å²) in [5, 5.41) is 0. The zero-order chi connectivity index (χ0) is 13.2. The summed E-state index contributed by atoms with van der Waals surface area (Å²) in [6.07, 6.45) is 0. The number of halogens is 1. The van der Waals surface area contributed by atoms with Crippen molar-refractivity contribution in [2.45, 2.75) is 6.92 Å². The van der Waals surface area contributed by atoms with Crippen LogP contribution in [-0.4, -0.2) is 0 Å². The maximum atomic E-state index is 2.34. The number of hydrogen-bond acceptors (Lipinski definition) is 1. The third-order valence-corrected chi connectivity index (χ3v) is 4.97. The highest BCUT2D eigenvalue weighted by atomic mass is 127. The lowest BCUT2D eigenvalue weighted by Gasteiger charge is -1.99. The van der Waals surface area contributed by atoms with Gasteiger partial charge in [0, 0.05) is 13.3 Å². The highest BCUT2D eigenvalue weighted by Gasteiger charge is 2.04. The molecule has 0 N–H and O–H groups in total. The topological polar surface area (TPSA) is 0 Å². The van der Waals surface area contributed by atoms with Crippen molar-refractivity contribution in [1.29, 1.82) is 0 Å². The number of benzene rings is 2. The summed E-state index contributed by atoms with van der Waals surface area (Å²) >= 11 is 4.19. The molecule has 1 heterocycles. The molecule has 3 aromatic rings. The molecule has 0 nitrogen and oxygen atoms in total. The Morgan fingerprint density at radius 1 is 0.684 bits per heavy atom. The number of rotatable bonds is 2. The summed E-state index contributed by atoms with van der Waals surface area (Å²) < 4.78 is 1.27. The normalized spacial score (nSPS) is 10.6. The van der Waals surface area contributed by atoms with Crippen molar-refractivity contribution in [1.82, 2.24) is 0 Å². The molecule has 0 atom stereocenters. The lowest BCUT2D eigenvalue weighted by Crippen LogP contribution is -1.73. The van der Waals surface area contributed by atoms with E-state index in [-0.39, 0.29) is 0 Å². The molecule has 0 amide bonds. The van der Waals surface area contributed by atoms with E-state index in [2.05, 4.69) is 90.2 Å². The fourth-order valence-corrected chi connectivity index (χ4v) is 3.36. The summed E-state index contributed by atoms with van der Waals surface area (Å²) in [6, 6.07) is 21.8. The molecule has 2 heteroatoms. The van der Waals surface area contributed by atoms with Gasteiger partial charge in [0.2, 0.25) is 0 Å². The SMILES string of the molecule is Cc1ccc(-c2ccc(-c3ccc(I)cc3)s2)cc1. The maximum Gasteiger partial charge on any atom is 0.0349 e. The molecular weight excluding hydrogens is 363 g/mol. The Bertz CT molecular complexity index is 618. The standard InChI is InChI=1S/C17H13IS/c1-12-2-4-13(5-3-12)16-10-11-17(19-16)14-6-8-15(18)9-7-14/h2-11H,1H3. The molecule has 0 aliphatic rings. The minimum absolute atomic E-state index is 1.27. The molecule has 0 fully saturated rings. The van der Waals surface area contributed by atoms with Crippen LogP contribution < -0.4 is 0 Å². The molecule has 0 radical (unpaired) electrons. The second kappa shape index (κ2) is 5.47. The van der Waals surface area contributed by atoms with E-state index in [1.165, 1.54) is 30.0 Å². The number of hydrogen-bond donors (Lipinski definition) is 0. The smallest absolute Gasteiger partial charge is 0.0349 e. The monoisotopic (exact) mass is 376 g/mol. The molecular formula is C17H13IS. The molecule has 0 unspecified atom stereocenters. The first-order chi connectivity index (χ1) is 9.22. The predicted molar refractivity (Wildman–Crippen MR) is 92.6 cm³/mol. The Hall–Kier alpha value is -1.13. The Morgan fingerprint density at radius 2 is 1.16 bits per heavy atom. The van der Waals surface area contributed by atoms with Crippen LogP contribution in [0.3, 0.4) is 0 Å². The van der Waals surface area contributed by atoms with Gasteiger partial charge in [-0.15, -0.1) is 11.3 Å². The first-order valence-electron chi connectivity index (χ1n) is 6.15. The molecule has 0 saturated carbocycles. The van der Waals surface area contributed by atoms with Gasteiger partial charge >= 0.3 is 0 Å². The van der Waals surface area contributed by atoms with Crippen LogP contribution in [0.2, 0.25) is 0 Å². The van der Waals surface area contributed by atoms with Crippen LogP contribution >= 0.6 is 33.9 Å². The molecule has 1 aromatic heterocycles. The third-order valence-electron chi connectivity index (χ3n) is 3.07. The van der Waals surface area contributed by atoms with Crippen LogP contribution in [0, 0.1) is 10.5 Å². The minimum Gasteiger partial charge on any atom is -0.135 e. The van der Waals surface area contributed by atoms with E-state index < -0.39 is 0 Å². The Balaban J connectivity index is 1.95. The molecule has 3 rings (SSSR count). The van der Waals surface area contributed by atoms with Crippen molar-refractivity contribution in [3.05, 3.63) is 69.8 Å². The van der Waals surface area contributed by atoms with E-state index in [1.807, 2.05) is 11.3 Å². The van der Waals surface area contributed by atoms with Gasteiger partial charge in [0.05, 0.1) is 0 Å². The van der Waals surface area contributed by atoms with Gasteiger partial charge in [-0.3, -0.25) is 0 Å². The summed E-state index contributed by atoms with van der Waals surface area (Å²) in [5.41, 5.74) is 3.90. The molecule has 0 aliphatic carbocycles. The van der Waals surface area contributed by atoms with E-state index in [0.29, 0.717) is 0 Å². The predicted octanol–water partition coefficient (Wildman–Crippen LogP) is 6.00. The second-order valence-corrected chi connectivity index (χ2v) is 6.87. The van der Waals surface area contributed by atoms with E-state index in [4.69, 9.17) is 0 Å². The molecule has 0 bridgehead atoms. The Kier molecular flexibility index (Phi) is 3.71. The molecule has 0 saturated heterocycles. The second-order valence-electron chi connectivity index (χ2n) is 4.54. The van der Waals surface area contributed by atoms with Crippen LogP contribution in [0.15, 0.2) is 60.7 Å². The van der Waals surface area contributed by atoms with Crippen molar-refractivity contribution in [2.75, 3.05) is 0 Å². The summed E-state index contributed by atoms with van der Waals surface area (Å²) in [5.74, 6) is 0. The summed E-state index contributed by atoms with van der Waals surface area (Å²) in [4.78, 5) is 2.65. The summed E-state index contributed by atoms with van der Waals surface area (Å²) in [6.45, 7) is 2.12. The lowest BCUT2D eigenvalue weighted by molar-refractivity contribution is 1.48. The van der Waals surface area contributed by atoms with Crippen molar-refractivity contribution in [3.8, 4) is 20.9 Å². The van der Waals surface area contributed by atoms with Crippen LogP contribution in [0.1, 0.15) is 5.56 Å². The van der Waals surface area contributed by atoms with E-state index >= 15 is 0 Å². The third kappa shape index (κ3) is 2.90. The molecule has 2 aromatic carbocycles. The lowest BCUT2D eigenvalue weighted by atomic mass is 10.1. The molecule has 19 heavy (non-hydrogen) atoms. The van der Waals surface area contributed by atoms with Gasteiger partial charge in [-0.1, -0.05) is 42.0 Å². The van der Waals surface area contributed by atoms with Gasteiger partial charge in [-0.05, 0) is 64.9 Å². The summed E-state index contributed by atoms with van der Waals surface area (Å²) in [7, 11) is 0. The fourth-order valence-electron chi connectivity index (χ4n) is 1.98. The first kappa shape index (κ1) is 12.9. The van der Waals surface area contributed by atoms with E-state index in [0.717, 1.165) is 0 Å². The van der Waals surface area contributed by atoms with Crippen molar-refractivity contribution in [2.24, 2.45) is 0 Å². The van der Waals surface area contributed by atoms with Crippen LogP contribution in [0.5, 0.6) is 0 Å². The van der Waals surface area contributed by atoms with Crippen molar-refractivity contribution in [3.63, 3.8) is 0 Å². The Labute approximate surface area is 131 Å². The van der Waals surface area contributed by atoms with Crippen LogP contribution in [-0.2, 0) is 0 Å². The molecule has 0 aliphatic heterocycles. The van der Waals surface area contributed by atoms with Gasteiger partial charge in [0.1, 0.15) is 0 Å². The van der Waals surface area contributed by atoms with Gasteiger partial charge in [0.25, 0.3) is 0 Å². The highest BCUT2D eigenvalue weighted by Crippen LogP contribution is 2.34. The van der Waals surface area contributed by atoms with Crippen molar-refractivity contribution < 1.29 is 0 Å². The van der Waals surface area contributed by atoms with Crippen LogP contribution in [0.25, 0.3) is 20.9 Å². The average Bonchev–Trinajstić information content (AvgIpc) is 2.90. The largest absolute Gasteiger partial charge is 0.135 e. The molecule has 0 spiro atoms. The number of aryl methyl sites for hydroxylation is 1. The van der Waals surface area contributed by atoms with Gasteiger partial charge in [0.15, 0.2) is 0 Å². The zero-order valence-electron chi connectivity index (χ0n) is 10.6. The first-order valence-corrected chi connectivity index (χ1v) is 8.05. The zero-order valence-corrected chi connectivity index (χ0v) is 13.5. The van der Waals surface area contributed by atoms with Crippen molar-refractivity contribution >= 4 is 33.9 Å². The molecule has 94 valence electrons. The minimum atomic E-state index is 1.27. The van der Waals surface area contributed by atoms with Crippen LogP contribution in [0.4, 0.5) is 0 Å². The highest BCUT2D eigenvalue weighted by molar-refractivity contribution is 14.1. The average molecular weight is 376 g/mol. The van der Waals surface area contributed by atoms with E-state index in [1.54, 1.807) is 0 Å². The fraction of sp³-hybridized carbons (Fsp3) is 0.0588. The quantitative estimate of drug-likeness (QED) is 0.482. The van der Waals surface area contributed by atoms with Gasteiger partial charge in [-0.25, -0.2) is 0 Å². The Morgan fingerprint density at radius 3 is 1.68 bits per heavy atom. The maximum absolute atomic E-state index is 2.34. The van der Waals surface area contributed by atoms with E-state index in [9.17, 15) is 0 Å². The van der Waals surface area contributed by atoms with Gasteiger partial charge in [-0.2, -0.15) is 0 Å². The van der Waals surface area contributed by atoms with Gasteiger partial charge < -0.3 is 0 Å².